The van der Waals surface area contributed by atoms with E-state index in [4.69, 9.17) is 0 Å². The number of carbonyl (C=O) groups excluding carboxylic acids is 2. The first kappa shape index (κ1) is 29.5. The summed E-state index contributed by atoms with van der Waals surface area (Å²) in [6, 6.07) is 17.7. The van der Waals surface area contributed by atoms with Crippen LogP contribution in [0.25, 0.3) is 22.9 Å². The van der Waals surface area contributed by atoms with Crippen LogP contribution in [0.1, 0.15) is 18.1 Å². The Morgan fingerprint density at radius 2 is 1.81 bits per heavy atom. The van der Waals surface area contributed by atoms with Crippen LogP contribution in [0.2, 0.25) is 0 Å². The molecule has 4 aromatic rings. The lowest BCUT2D eigenvalue weighted by molar-refractivity contribution is -0.274. The summed E-state index contributed by atoms with van der Waals surface area (Å²) in [6.07, 6.45) is -1.83. The number of hydrogen-bond donors (Lipinski definition) is 1. The minimum absolute atomic E-state index is 0.136. The quantitative estimate of drug-likeness (QED) is 0.240. The van der Waals surface area contributed by atoms with Gasteiger partial charge in [-0.25, -0.2) is 18.9 Å². The molecule has 0 atom stereocenters. The molecule has 220 valence electrons. The fraction of sp³-hybridized carbons (Fsp3) is 0.138. The molecule has 0 spiro atoms. The van der Waals surface area contributed by atoms with Crippen LogP contribution in [-0.4, -0.2) is 44.0 Å². The maximum atomic E-state index is 14.8. The van der Waals surface area contributed by atoms with Crippen LogP contribution < -0.4 is 15.0 Å². The van der Waals surface area contributed by atoms with Gasteiger partial charge in [0.2, 0.25) is 5.91 Å². The van der Waals surface area contributed by atoms with Gasteiger partial charge in [-0.05, 0) is 42.3 Å². The molecule has 1 aliphatic rings. The number of ether oxygens (including phenoxy) is 1. The summed E-state index contributed by atoms with van der Waals surface area (Å²) in [5.41, 5.74) is 2.76. The molecular formula is C29H22F4N6O3S. The minimum atomic E-state index is -4.79. The summed E-state index contributed by atoms with van der Waals surface area (Å²) in [6.45, 7) is 1.96. The van der Waals surface area contributed by atoms with Crippen molar-refractivity contribution in [1.82, 2.24) is 20.1 Å². The van der Waals surface area contributed by atoms with Gasteiger partial charge < -0.3 is 10.1 Å². The van der Waals surface area contributed by atoms with Crippen molar-refractivity contribution in [2.75, 3.05) is 10.7 Å². The van der Waals surface area contributed by atoms with Crippen molar-refractivity contribution in [3.8, 4) is 22.8 Å². The average Bonchev–Trinajstić information content (AvgIpc) is 3.62. The predicted octanol–water partition coefficient (Wildman–Crippen LogP) is 6.51. The van der Waals surface area contributed by atoms with Gasteiger partial charge in [0.15, 0.2) is 11.0 Å². The molecule has 14 heteroatoms. The van der Waals surface area contributed by atoms with Crippen LogP contribution in [0.15, 0.2) is 90.3 Å². The molecule has 1 saturated heterocycles. The maximum Gasteiger partial charge on any atom is 0.573 e. The number of aromatic nitrogens is 3. The maximum absolute atomic E-state index is 14.8. The summed E-state index contributed by atoms with van der Waals surface area (Å²) >= 11 is 1.12. The zero-order valence-corrected chi connectivity index (χ0v) is 23.2. The van der Waals surface area contributed by atoms with Gasteiger partial charge in [-0.3, -0.25) is 9.69 Å². The predicted molar refractivity (Wildman–Crippen MR) is 154 cm³/mol. The first-order valence-corrected chi connectivity index (χ1v) is 13.8. The monoisotopic (exact) mass is 610 g/mol. The van der Waals surface area contributed by atoms with Gasteiger partial charge in [-0.15, -0.1) is 18.3 Å². The van der Waals surface area contributed by atoms with Crippen LogP contribution in [0.5, 0.6) is 5.75 Å². The highest BCUT2D eigenvalue weighted by Gasteiger charge is 2.32. The summed E-state index contributed by atoms with van der Waals surface area (Å²) in [7, 11) is 0. The second-order valence-corrected chi connectivity index (χ2v) is 9.91. The van der Waals surface area contributed by atoms with E-state index in [0.717, 1.165) is 35.7 Å². The Hall–Kier alpha value is -4.98. The van der Waals surface area contributed by atoms with Gasteiger partial charge in [-0.2, -0.15) is 4.99 Å². The van der Waals surface area contributed by atoms with Crippen molar-refractivity contribution in [2.45, 2.75) is 19.7 Å². The normalized spacial score (nSPS) is 14.8. The first-order chi connectivity index (χ1) is 20.6. The zero-order chi connectivity index (χ0) is 30.6. The van der Waals surface area contributed by atoms with Gasteiger partial charge in [0.25, 0.3) is 0 Å². The third-order valence-corrected chi connectivity index (χ3v) is 7.07. The molecule has 0 saturated carbocycles. The molecule has 0 unspecified atom stereocenters. The van der Waals surface area contributed by atoms with Gasteiger partial charge in [0.1, 0.15) is 17.9 Å². The molecular weight excluding hydrogens is 588 g/mol. The molecule has 1 N–H and O–H groups in total. The highest BCUT2D eigenvalue weighted by molar-refractivity contribution is 8.15. The number of anilines is 1. The lowest BCUT2D eigenvalue weighted by atomic mass is 10.1. The van der Waals surface area contributed by atoms with Crippen LogP contribution in [0.4, 0.5) is 28.0 Å². The summed E-state index contributed by atoms with van der Waals surface area (Å²) in [5.74, 6) is -0.862. The van der Waals surface area contributed by atoms with E-state index in [1.54, 1.807) is 24.3 Å². The van der Waals surface area contributed by atoms with E-state index in [1.165, 1.54) is 40.2 Å². The molecule has 3 aromatic carbocycles. The Bertz CT molecular complexity index is 1700. The van der Waals surface area contributed by atoms with E-state index < -0.39 is 18.2 Å². The van der Waals surface area contributed by atoms with Crippen LogP contribution in [0.3, 0.4) is 0 Å². The zero-order valence-electron chi connectivity index (χ0n) is 22.4. The lowest BCUT2D eigenvalue weighted by Crippen LogP contribution is -2.31. The molecule has 1 aromatic heterocycles. The number of rotatable bonds is 7. The number of aliphatic imine (C=N–C) groups is 1. The number of halogens is 4. The molecule has 2 heterocycles. The van der Waals surface area contributed by atoms with Crippen LogP contribution in [-0.2, 0) is 11.2 Å². The molecule has 3 amide bonds. The Labute approximate surface area is 246 Å². The Morgan fingerprint density at radius 3 is 2.51 bits per heavy atom. The van der Waals surface area contributed by atoms with E-state index in [-0.39, 0.29) is 28.1 Å². The van der Waals surface area contributed by atoms with Gasteiger partial charge in [0.05, 0.1) is 17.1 Å². The number of benzene rings is 3. The Balaban J connectivity index is 1.23. The SMILES string of the molecule is CCc1ccccc1N1C(=O)CS/C1=N\C(=O)N/C=C(\F)c1ccc(-c2ncn(-c3ccc(OC(F)(F)F)cc3)n2)cc1. The number of nitrogens with one attached hydrogen (secondary N) is 1. The fourth-order valence-corrected chi connectivity index (χ4v) is 4.99. The van der Waals surface area contributed by atoms with Crippen molar-refractivity contribution >= 4 is 40.4 Å². The number of carbonyl (C=O) groups is 2. The third-order valence-electron chi connectivity index (χ3n) is 6.14. The number of amides is 3. The number of urea groups is 1. The molecule has 1 aliphatic heterocycles. The number of hydrogen-bond acceptors (Lipinski definition) is 6. The Morgan fingerprint density at radius 1 is 1.09 bits per heavy atom. The second-order valence-electron chi connectivity index (χ2n) is 8.97. The summed E-state index contributed by atoms with van der Waals surface area (Å²) < 4.78 is 57.2. The molecule has 43 heavy (non-hydrogen) atoms. The van der Waals surface area contributed by atoms with Gasteiger partial charge >= 0.3 is 12.4 Å². The second kappa shape index (κ2) is 12.5. The Kier molecular flexibility index (Phi) is 8.57. The van der Waals surface area contributed by atoms with Crippen molar-refractivity contribution in [1.29, 1.82) is 0 Å². The highest BCUT2D eigenvalue weighted by atomic mass is 32.2. The number of aryl methyl sites for hydroxylation is 1. The molecule has 0 aliphatic carbocycles. The minimum Gasteiger partial charge on any atom is -0.406 e. The van der Waals surface area contributed by atoms with E-state index in [1.807, 2.05) is 19.1 Å². The topological polar surface area (TPSA) is 102 Å². The third kappa shape index (κ3) is 7.09. The first-order valence-electron chi connectivity index (χ1n) is 12.8. The smallest absolute Gasteiger partial charge is 0.406 e. The van der Waals surface area contributed by atoms with Crippen LogP contribution in [0, 0.1) is 0 Å². The van der Waals surface area contributed by atoms with Crippen molar-refractivity contribution in [3.05, 3.63) is 96.5 Å². The highest BCUT2D eigenvalue weighted by Crippen LogP contribution is 2.30. The number of thioether (sulfide) groups is 1. The molecule has 0 radical (unpaired) electrons. The average molecular weight is 611 g/mol. The van der Waals surface area contributed by atoms with Crippen molar-refractivity contribution in [3.63, 3.8) is 0 Å². The number of alkyl halides is 3. The van der Waals surface area contributed by atoms with E-state index in [2.05, 4.69) is 25.1 Å². The number of amidine groups is 1. The van der Waals surface area contributed by atoms with Gasteiger partial charge in [0, 0.05) is 17.3 Å². The van der Waals surface area contributed by atoms with Gasteiger partial charge in [-0.1, -0.05) is 61.2 Å². The number of nitrogens with zero attached hydrogens (tertiary/aromatic N) is 5. The molecule has 9 nitrogen and oxygen atoms in total. The van der Waals surface area contributed by atoms with E-state index in [0.29, 0.717) is 29.2 Å². The van der Waals surface area contributed by atoms with Crippen LogP contribution >= 0.6 is 11.8 Å². The largest absolute Gasteiger partial charge is 0.573 e. The molecule has 5 rings (SSSR count). The fourth-order valence-electron chi connectivity index (χ4n) is 4.14. The number of para-hydroxylation sites is 1. The summed E-state index contributed by atoms with van der Waals surface area (Å²) in [4.78, 5) is 34.6. The standard InChI is InChI=1S/C29H22F4N6O3S/c1-2-18-5-3-4-6-24(18)39-25(40)16-43-28(39)36-27(41)34-15-23(30)19-7-9-20(10-8-19)26-35-17-38(37-26)21-11-13-22(14-12-21)42-29(31,32)33/h3-15,17H,2,16H2,1H3,(H,34,41)/b23-15-,36-28-. The van der Waals surface area contributed by atoms with Crippen molar-refractivity contribution < 1.29 is 31.9 Å². The van der Waals surface area contributed by atoms with E-state index >= 15 is 0 Å². The lowest BCUT2D eigenvalue weighted by Gasteiger charge is -2.19. The van der Waals surface area contributed by atoms with Crippen molar-refractivity contribution in [2.24, 2.45) is 4.99 Å². The van der Waals surface area contributed by atoms with E-state index in [9.17, 15) is 27.2 Å². The molecule has 1 fully saturated rings. The summed E-state index contributed by atoms with van der Waals surface area (Å²) in [5, 5.41) is 6.82. The molecule has 0 bridgehead atoms.